The van der Waals surface area contributed by atoms with Gasteiger partial charge in [-0.25, -0.2) is 0 Å². The molecule has 6 N–H and O–H groups in total. The molecule has 2 aromatic rings. The van der Waals surface area contributed by atoms with E-state index in [1.165, 1.54) is 14.0 Å². The van der Waals surface area contributed by atoms with E-state index in [-0.39, 0.29) is 43.2 Å². The minimum absolute atomic E-state index is 0.0983. The molecule has 0 bridgehead atoms. The first kappa shape index (κ1) is 58.8. The maximum absolute atomic E-state index is 14.6. The second kappa shape index (κ2) is 24.5. The van der Waals surface area contributed by atoms with Crippen LogP contribution in [0, 0.1) is 17.8 Å². The number of aliphatic hydroxyl groups is 5. The molecule has 0 unspecified atom stereocenters. The summed E-state index contributed by atoms with van der Waals surface area (Å²) in [5.41, 5.74) is -3.77. The molecule has 71 heavy (non-hydrogen) atoms. The maximum atomic E-state index is 14.6. The first-order valence-electron chi connectivity index (χ1n) is 25.8. The summed E-state index contributed by atoms with van der Waals surface area (Å²) in [5, 5.41) is 65.3. The van der Waals surface area contributed by atoms with Crippen LogP contribution in [0.4, 0.5) is 0 Å². The first-order chi connectivity index (χ1) is 33.2. The molecule has 1 amide bonds. The van der Waals surface area contributed by atoms with Crippen LogP contribution in [0.2, 0.25) is 0 Å². The maximum Gasteiger partial charge on any atom is 0.311 e. The lowest BCUT2D eigenvalue weighted by Crippen LogP contribution is -2.60. The first-order valence-corrected chi connectivity index (χ1v) is 25.8. The average molecular weight is 1000 g/mol. The van der Waals surface area contributed by atoms with Crippen LogP contribution < -0.4 is 10.1 Å². The smallest absolute Gasteiger partial charge is 0.311 e. The van der Waals surface area contributed by atoms with Gasteiger partial charge in [-0.1, -0.05) is 45.0 Å². The monoisotopic (exact) mass is 1000 g/mol. The lowest BCUT2D eigenvalue weighted by Gasteiger charge is -2.48. The Morgan fingerprint density at radius 2 is 1.59 bits per heavy atom. The third kappa shape index (κ3) is 13.8. The predicted octanol–water partition coefficient (Wildman–Crippen LogP) is 4.74. The van der Waals surface area contributed by atoms with E-state index >= 15 is 0 Å². The number of esters is 1. The molecule has 19 atom stereocenters. The summed E-state index contributed by atoms with van der Waals surface area (Å²) in [7, 11) is 6.89. The third-order valence-corrected chi connectivity index (χ3v) is 15.9. The van der Waals surface area contributed by atoms with Gasteiger partial charge in [0, 0.05) is 51.2 Å². The number of likely N-dealkylation sites (N-methyl/N-ethyl adjacent to an activating group) is 1. The molecular formula is C54H89N3O14. The number of nitrogens with zero attached hydrogens (tertiary/aromatic N) is 2. The lowest BCUT2D eigenvalue weighted by molar-refractivity contribution is -0.318. The van der Waals surface area contributed by atoms with Crippen molar-refractivity contribution in [2.75, 3.05) is 47.9 Å². The zero-order valence-corrected chi connectivity index (χ0v) is 45.2. The average Bonchev–Trinajstić information content (AvgIpc) is 3.32. The number of ether oxygens (including phenoxy) is 7. The summed E-state index contributed by atoms with van der Waals surface area (Å²) in [5.74, 6) is -2.69. The fourth-order valence-corrected chi connectivity index (χ4v) is 11.3. The van der Waals surface area contributed by atoms with Crippen molar-refractivity contribution in [1.29, 1.82) is 0 Å². The van der Waals surface area contributed by atoms with Crippen LogP contribution in [0.3, 0.4) is 0 Å². The Morgan fingerprint density at radius 3 is 2.23 bits per heavy atom. The van der Waals surface area contributed by atoms with Gasteiger partial charge in [0.2, 0.25) is 5.91 Å². The van der Waals surface area contributed by atoms with Crippen LogP contribution in [0.15, 0.2) is 36.4 Å². The number of fused-ring (bicyclic) bond motifs is 1. The summed E-state index contributed by atoms with van der Waals surface area (Å²) < 4.78 is 43.5. The van der Waals surface area contributed by atoms with E-state index in [0.29, 0.717) is 32.5 Å². The van der Waals surface area contributed by atoms with Crippen LogP contribution in [0.5, 0.6) is 5.75 Å². The van der Waals surface area contributed by atoms with Gasteiger partial charge < -0.3 is 68.9 Å². The number of benzene rings is 2. The van der Waals surface area contributed by atoms with E-state index in [9.17, 15) is 35.1 Å². The summed E-state index contributed by atoms with van der Waals surface area (Å²) in [6, 6.07) is 10.8. The van der Waals surface area contributed by atoms with E-state index in [4.69, 9.17) is 33.2 Å². The van der Waals surface area contributed by atoms with Gasteiger partial charge in [-0.15, -0.1) is 0 Å². The number of cyclic esters (lactones) is 1. The molecule has 5 rings (SSSR count). The number of carbonyl (C=O) groups excluding carboxylic acids is 2. The van der Waals surface area contributed by atoms with Crippen molar-refractivity contribution in [1.82, 2.24) is 15.1 Å². The highest BCUT2D eigenvalue weighted by molar-refractivity contribution is 5.88. The molecule has 3 aliphatic heterocycles. The van der Waals surface area contributed by atoms with Gasteiger partial charge in [0.15, 0.2) is 12.6 Å². The zero-order chi connectivity index (χ0) is 52.9. The Balaban J connectivity index is 1.47. The molecule has 0 spiro atoms. The molecule has 3 fully saturated rings. The molecule has 3 aliphatic rings. The van der Waals surface area contributed by atoms with Crippen LogP contribution in [-0.4, -0.2) is 185 Å². The number of nitrogens with one attached hydrogen (secondary N) is 1. The Bertz CT molecular complexity index is 2040. The van der Waals surface area contributed by atoms with Gasteiger partial charge in [0.1, 0.15) is 35.8 Å². The van der Waals surface area contributed by atoms with Gasteiger partial charge in [-0.2, -0.15) is 0 Å². The van der Waals surface area contributed by atoms with Crippen molar-refractivity contribution in [2.24, 2.45) is 17.8 Å². The number of amides is 1. The molecule has 0 aromatic heterocycles. The second-order valence-corrected chi connectivity index (χ2v) is 22.1. The molecular weight excluding hydrogens is 915 g/mol. The molecule has 2 aromatic carbocycles. The zero-order valence-electron chi connectivity index (χ0n) is 45.2. The molecule has 0 saturated carbocycles. The van der Waals surface area contributed by atoms with Crippen LogP contribution >= 0.6 is 0 Å². The number of hydrogen-bond donors (Lipinski definition) is 6. The van der Waals surface area contributed by atoms with Crippen molar-refractivity contribution < 1.29 is 68.3 Å². The molecule has 17 heteroatoms. The van der Waals surface area contributed by atoms with Crippen molar-refractivity contribution in [2.45, 2.75) is 204 Å². The van der Waals surface area contributed by atoms with Crippen LogP contribution in [0.25, 0.3) is 10.8 Å². The SMILES string of the molecule is CC[C@H]1OC(=O)[C@H](C)[C@@H](O[C@H]2C[C@@](C)(OC)[C@@H](O)[C@H](C)O2)[C@H](C)[C@@H](O[C@@H]2O[C@H](C)C[C@H](N(C)C)[C@H]2O)[C@](C)(O)C[C@@H](C)CN(CCCNC(=O)[C@@H](C)c2ccc3cc(OC)ccc3c2)[C@H](C)[C@@H](O)[C@]1(C)O. The predicted molar refractivity (Wildman–Crippen MR) is 270 cm³/mol. The Hall–Kier alpha value is -3.04. The molecule has 17 nitrogen and oxygen atoms in total. The normalized spacial score (nSPS) is 39.8. The minimum Gasteiger partial charge on any atom is -0.497 e. The van der Waals surface area contributed by atoms with E-state index in [1.54, 1.807) is 41.7 Å². The van der Waals surface area contributed by atoms with Crippen LogP contribution in [0.1, 0.15) is 120 Å². The fraction of sp³-hybridized carbons (Fsp3) is 0.778. The quantitative estimate of drug-likeness (QED) is 0.111. The number of methoxy groups -OCH3 is 2. The van der Waals surface area contributed by atoms with Crippen molar-refractivity contribution >= 4 is 22.6 Å². The number of carbonyl (C=O) groups is 2. The largest absolute Gasteiger partial charge is 0.497 e. The lowest BCUT2D eigenvalue weighted by atomic mass is 9.77. The Kier molecular flexibility index (Phi) is 20.3. The second-order valence-electron chi connectivity index (χ2n) is 22.1. The Labute approximate surface area is 422 Å². The highest BCUT2D eigenvalue weighted by atomic mass is 16.7. The molecule has 0 aliphatic carbocycles. The third-order valence-electron chi connectivity index (χ3n) is 15.9. The van der Waals surface area contributed by atoms with Gasteiger partial charge in [0.05, 0.1) is 54.6 Å². The summed E-state index contributed by atoms with van der Waals surface area (Å²) in [4.78, 5) is 32.1. The fourth-order valence-electron chi connectivity index (χ4n) is 11.3. The van der Waals surface area contributed by atoms with E-state index in [0.717, 1.165) is 22.1 Å². The van der Waals surface area contributed by atoms with Gasteiger partial charge in [-0.3, -0.25) is 14.5 Å². The molecule has 0 radical (unpaired) electrons. The summed E-state index contributed by atoms with van der Waals surface area (Å²) in [6.07, 6.45) is -8.58. The Morgan fingerprint density at radius 1 is 0.930 bits per heavy atom. The van der Waals surface area contributed by atoms with E-state index in [1.807, 2.05) is 94.9 Å². The van der Waals surface area contributed by atoms with E-state index in [2.05, 4.69) is 5.32 Å². The summed E-state index contributed by atoms with van der Waals surface area (Å²) in [6.45, 7) is 20.5. The molecule has 3 heterocycles. The standard InChI is InChI=1S/C54H89N3O14/c1-16-42-54(11,64)46(59)35(7)57(23-17-22-55-49(61)32(4)37-18-19-39-26-40(65-14)21-20-38(39)25-37)29-30(2)27-52(9,63)48(71-51-44(58)41(56(12)13)24-31(3)67-51)33(5)45(34(6)50(62)69-42)70-43-28-53(10,66-15)47(60)36(8)68-43/h18-21,25-26,30-36,41-48,51,58-60,63-64H,16-17,22-24,27-29H2,1-15H3,(H,55,61)/t30-,31-,32+,33+,34-,35-,36+,41+,42-,43+,44-,45+,46-,47+,48-,51+,52-,53-,54-/m1/s1. The van der Waals surface area contributed by atoms with E-state index < -0.39 is 102 Å². The molecule has 3 saturated heterocycles. The van der Waals surface area contributed by atoms with Gasteiger partial charge in [0.25, 0.3) is 0 Å². The van der Waals surface area contributed by atoms with Gasteiger partial charge in [-0.05, 0) is 130 Å². The number of rotatable bonds is 14. The summed E-state index contributed by atoms with van der Waals surface area (Å²) >= 11 is 0. The highest BCUT2D eigenvalue weighted by Crippen LogP contribution is 2.40. The van der Waals surface area contributed by atoms with Gasteiger partial charge >= 0.3 is 5.97 Å². The number of aliphatic hydroxyl groups excluding tert-OH is 3. The van der Waals surface area contributed by atoms with Crippen molar-refractivity contribution in [3.63, 3.8) is 0 Å². The minimum atomic E-state index is -1.93. The number of hydrogen-bond acceptors (Lipinski definition) is 16. The van der Waals surface area contributed by atoms with Crippen molar-refractivity contribution in [3.05, 3.63) is 42.0 Å². The van der Waals surface area contributed by atoms with Crippen molar-refractivity contribution in [3.8, 4) is 5.75 Å². The highest BCUT2D eigenvalue weighted by Gasteiger charge is 2.53. The topological polar surface area (TPSA) is 218 Å². The molecule has 404 valence electrons. The van der Waals surface area contributed by atoms with Crippen LogP contribution in [-0.2, 0) is 38.0 Å².